The van der Waals surface area contributed by atoms with Gasteiger partial charge in [-0.05, 0) is 35.5 Å². The Morgan fingerprint density at radius 3 is 2.37 bits per heavy atom. The van der Waals surface area contributed by atoms with E-state index in [0.29, 0.717) is 6.54 Å². The highest BCUT2D eigenvalue weighted by Gasteiger charge is 2.69. The molecule has 35 heavy (non-hydrogen) atoms. The molecule has 0 bridgehead atoms. The topological polar surface area (TPSA) is 131 Å². The summed E-state index contributed by atoms with van der Waals surface area (Å²) in [4.78, 5) is 51.5. The first-order valence-corrected chi connectivity index (χ1v) is 11.8. The molecule has 4 amide bonds. The molecule has 2 aliphatic heterocycles. The lowest BCUT2D eigenvalue weighted by Crippen LogP contribution is -2.59. The molecule has 9 nitrogen and oxygen atoms in total. The van der Waals surface area contributed by atoms with E-state index >= 15 is 0 Å². The number of nitrogens with zero attached hydrogens (tertiary/aromatic N) is 2. The quantitative estimate of drug-likeness (QED) is 0.480. The van der Waals surface area contributed by atoms with Crippen molar-refractivity contribution in [2.75, 3.05) is 13.1 Å². The summed E-state index contributed by atoms with van der Waals surface area (Å²) in [7, 11) is 0. The summed E-state index contributed by atoms with van der Waals surface area (Å²) in [6.45, 7) is 9.43. The summed E-state index contributed by atoms with van der Waals surface area (Å²) >= 11 is 0. The standard InChI is InChI=1S/C23H32F3N5O4/c1-10(2)16(30-21(35)23(24,25)26)20(34)31-9-14-15(22(14,4)5)17(31)19(33)29-12(7-27)6-13-11(3)8-28-18(13)32/h10-17H,6,8-9H2,1-5H3,(H,28,32)(H,29,33)(H,30,35)/t11-,12-,13+,14-,15-,16-,17-/m0/s1. The van der Waals surface area contributed by atoms with Crippen molar-refractivity contribution in [3.05, 3.63) is 0 Å². The van der Waals surface area contributed by atoms with Gasteiger partial charge in [0.1, 0.15) is 18.1 Å². The van der Waals surface area contributed by atoms with Crippen LogP contribution in [-0.2, 0) is 19.2 Å². The van der Waals surface area contributed by atoms with Crippen molar-refractivity contribution >= 4 is 23.6 Å². The van der Waals surface area contributed by atoms with Crippen molar-refractivity contribution < 1.29 is 32.3 Å². The van der Waals surface area contributed by atoms with Gasteiger partial charge in [-0.1, -0.05) is 34.6 Å². The smallest absolute Gasteiger partial charge is 0.356 e. The Kier molecular flexibility index (Phi) is 7.12. The molecule has 0 unspecified atom stereocenters. The lowest BCUT2D eigenvalue weighted by molar-refractivity contribution is -0.175. The predicted molar refractivity (Wildman–Crippen MR) is 117 cm³/mol. The Balaban J connectivity index is 1.78. The number of likely N-dealkylation sites (tertiary alicyclic amines) is 1. The van der Waals surface area contributed by atoms with Crippen molar-refractivity contribution in [1.29, 1.82) is 5.26 Å². The summed E-state index contributed by atoms with van der Waals surface area (Å²) in [5, 5.41) is 16.8. The number of nitriles is 1. The average molecular weight is 500 g/mol. The van der Waals surface area contributed by atoms with E-state index in [1.165, 1.54) is 18.7 Å². The number of alkyl halides is 3. The highest BCUT2D eigenvalue weighted by Crippen LogP contribution is 2.65. The van der Waals surface area contributed by atoms with Gasteiger partial charge in [-0.2, -0.15) is 18.4 Å². The first-order chi connectivity index (χ1) is 16.1. The summed E-state index contributed by atoms with van der Waals surface area (Å²) in [6.07, 6.45) is -5.04. The minimum atomic E-state index is -5.15. The molecule has 0 spiro atoms. The predicted octanol–water partition coefficient (Wildman–Crippen LogP) is 0.953. The number of piperidine rings is 1. The lowest BCUT2D eigenvalue weighted by Gasteiger charge is -2.34. The molecule has 3 aliphatic rings. The molecule has 0 aromatic heterocycles. The van der Waals surface area contributed by atoms with Crippen LogP contribution in [0.15, 0.2) is 0 Å². The van der Waals surface area contributed by atoms with Gasteiger partial charge in [0.25, 0.3) is 0 Å². The van der Waals surface area contributed by atoms with Gasteiger partial charge in [0.15, 0.2) is 0 Å². The van der Waals surface area contributed by atoms with Crippen molar-refractivity contribution in [3.63, 3.8) is 0 Å². The first kappa shape index (κ1) is 26.8. The molecule has 1 saturated carbocycles. The van der Waals surface area contributed by atoms with Gasteiger partial charge in [-0.25, -0.2) is 0 Å². The molecule has 3 fully saturated rings. The SMILES string of the molecule is CC(C)[C@H](NC(=O)C(F)(F)F)C(=O)N1C[C@H]2[C@@H]([C@H]1C(=O)N[C@H](C#N)C[C@H]1C(=O)NC[C@@H]1C)C2(C)C. The summed E-state index contributed by atoms with van der Waals surface area (Å²) in [5.41, 5.74) is -0.261. The molecule has 0 aromatic carbocycles. The largest absolute Gasteiger partial charge is 0.471 e. The number of halogens is 3. The van der Waals surface area contributed by atoms with Crippen LogP contribution in [0.2, 0.25) is 0 Å². The zero-order chi connectivity index (χ0) is 26.5. The fraction of sp³-hybridized carbons (Fsp3) is 0.783. The van der Waals surface area contributed by atoms with Gasteiger partial charge in [0, 0.05) is 19.0 Å². The zero-order valence-corrected chi connectivity index (χ0v) is 20.4. The van der Waals surface area contributed by atoms with Crippen LogP contribution in [0.3, 0.4) is 0 Å². The second-order valence-corrected chi connectivity index (χ2v) is 10.8. The molecule has 2 heterocycles. The van der Waals surface area contributed by atoms with E-state index in [9.17, 15) is 37.6 Å². The third kappa shape index (κ3) is 5.09. The molecule has 1 aliphatic carbocycles. The number of nitrogens with one attached hydrogen (secondary N) is 3. The highest BCUT2D eigenvalue weighted by molar-refractivity contribution is 5.94. The monoisotopic (exact) mass is 499 g/mol. The van der Waals surface area contributed by atoms with E-state index in [0.717, 1.165) is 0 Å². The molecule has 3 rings (SSSR count). The molecular weight excluding hydrogens is 467 g/mol. The Morgan fingerprint density at radius 1 is 1.26 bits per heavy atom. The number of carbonyl (C=O) groups is 4. The van der Waals surface area contributed by atoms with Crippen molar-refractivity contribution in [3.8, 4) is 6.07 Å². The molecule has 3 N–H and O–H groups in total. The van der Waals surface area contributed by atoms with Gasteiger partial charge in [0.05, 0.1) is 6.07 Å². The summed E-state index contributed by atoms with van der Waals surface area (Å²) in [5.74, 6) is -5.12. The highest BCUT2D eigenvalue weighted by atomic mass is 19.4. The number of rotatable bonds is 7. The van der Waals surface area contributed by atoms with Crippen LogP contribution in [-0.4, -0.2) is 65.9 Å². The average Bonchev–Trinajstić information content (AvgIpc) is 3.07. The second kappa shape index (κ2) is 9.32. The first-order valence-electron chi connectivity index (χ1n) is 11.8. The van der Waals surface area contributed by atoms with Crippen LogP contribution in [0.4, 0.5) is 13.2 Å². The maximum Gasteiger partial charge on any atom is 0.471 e. The van der Waals surface area contributed by atoms with Crippen molar-refractivity contribution in [1.82, 2.24) is 20.9 Å². The molecule has 7 atom stereocenters. The van der Waals surface area contributed by atoms with Crippen LogP contribution in [0.25, 0.3) is 0 Å². The Hall–Kier alpha value is -2.84. The molecule has 0 radical (unpaired) electrons. The van der Waals surface area contributed by atoms with Crippen LogP contribution in [0, 0.1) is 46.3 Å². The molecule has 0 aromatic rings. The van der Waals surface area contributed by atoms with E-state index in [1.807, 2.05) is 26.8 Å². The molecule has 2 saturated heterocycles. The van der Waals surface area contributed by atoms with E-state index < -0.39 is 53.9 Å². The van der Waals surface area contributed by atoms with Gasteiger partial charge < -0.3 is 20.9 Å². The van der Waals surface area contributed by atoms with Gasteiger partial charge in [-0.3, -0.25) is 19.2 Å². The minimum absolute atomic E-state index is 0.00408. The maximum atomic E-state index is 13.3. The van der Waals surface area contributed by atoms with Crippen LogP contribution in [0.5, 0.6) is 0 Å². The number of hydrogen-bond acceptors (Lipinski definition) is 5. The maximum absolute atomic E-state index is 13.3. The number of fused-ring (bicyclic) bond motifs is 1. The van der Waals surface area contributed by atoms with E-state index in [4.69, 9.17) is 0 Å². The minimum Gasteiger partial charge on any atom is -0.356 e. The lowest BCUT2D eigenvalue weighted by atomic mass is 9.90. The van der Waals surface area contributed by atoms with E-state index in [2.05, 4.69) is 10.6 Å². The summed E-state index contributed by atoms with van der Waals surface area (Å²) < 4.78 is 38.5. The van der Waals surface area contributed by atoms with Crippen molar-refractivity contribution in [2.24, 2.45) is 35.0 Å². The Bertz CT molecular complexity index is 944. The molecule has 194 valence electrons. The fourth-order valence-electron chi connectivity index (χ4n) is 5.52. The molecular formula is C23H32F3N5O4. The number of amides is 4. The Morgan fingerprint density at radius 2 is 1.89 bits per heavy atom. The third-order valence-corrected chi connectivity index (χ3v) is 7.82. The van der Waals surface area contributed by atoms with Crippen molar-refractivity contribution in [2.45, 2.75) is 65.3 Å². The second-order valence-electron chi connectivity index (χ2n) is 10.8. The number of hydrogen-bond donors (Lipinski definition) is 3. The van der Waals surface area contributed by atoms with E-state index in [1.54, 1.807) is 5.32 Å². The molecule has 12 heteroatoms. The zero-order valence-electron chi connectivity index (χ0n) is 20.4. The summed E-state index contributed by atoms with van der Waals surface area (Å²) in [6, 6.07) is -1.42. The fourth-order valence-corrected chi connectivity index (χ4v) is 5.52. The third-order valence-electron chi connectivity index (χ3n) is 7.82. The van der Waals surface area contributed by atoms with E-state index in [-0.39, 0.29) is 42.0 Å². The van der Waals surface area contributed by atoms with Gasteiger partial charge in [-0.15, -0.1) is 0 Å². The van der Waals surface area contributed by atoms with Crippen LogP contribution >= 0.6 is 0 Å². The van der Waals surface area contributed by atoms with Crippen LogP contribution < -0.4 is 16.0 Å². The van der Waals surface area contributed by atoms with Gasteiger partial charge in [0.2, 0.25) is 17.7 Å². The van der Waals surface area contributed by atoms with Crippen LogP contribution in [0.1, 0.15) is 41.0 Å². The van der Waals surface area contributed by atoms with Gasteiger partial charge >= 0.3 is 12.1 Å². The Labute approximate surface area is 202 Å². The number of carbonyl (C=O) groups excluding carboxylic acids is 4. The normalized spacial score (nSPS) is 30.7.